The first-order chi connectivity index (χ1) is 13.0. The maximum Gasteiger partial charge on any atom is 0.253 e. The van der Waals surface area contributed by atoms with Gasteiger partial charge in [0.2, 0.25) is 0 Å². The average Bonchev–Trinajstić information content (AvgIpc) is 2.68. The summed E-state index contributed by atoms with van der Waals surface area (Å²) in [7, 11) is 0.911. The molecule has 0 aromatic heterocycles. The summed E-state index contributed by atoms with van der Waals surface area (Å²) in [6, 6.07) is 16.0. The van der Waals surface area contributed by atoms with Crippen molar-refractivity contribution in [3.63, 3.8) is 0 Å². The third kappa shape index (κ3) is 5.42. The molecule has 1 unspecified atom stereocenters. The van der Waals surface area contributed by atoms with E-state index in [9.17, 15) is 9.00 Å². The first-order valence-electron chi connectivity index (χ1n) is 9.51. The lowest BCUT2D eigenvalue weighted by Gasteiger charge is -2.29. The van der Waals surface area contributed by atoms with Gasteiger partial charge in [-0.1, -0.05) is 24.3 Å². The van der Waals surface area contributed by atoms with Crippen LogP contribution < -0.4 is 4.90 Å². The zero-order valence-corrected chi connectivity index (χ0v) is 17.0. The van der Waals surface area contributed by atoms with Crippen LogP contribution in [0.2, 0.25) is 0 Å². The molecule has 1 heterocycles. The van der Waals surface area contributed by atoms with E-state index in [4.69, 9.17) is 0 Å². The van der Waals surface area contributed by atoms with Crippen molar-refractivity contribution in [3.05, 3.63) is 65.2 Å². The van der Waals surface area contributed by atoms with Crippen LogP contribution in [-0.4, -0.2) is 41.4 Å². The van der Waals surface area contributed by atoms with Crippen molar-refractivity contribution >= 4 is 22.4 Å². The van der Waals surface area contributed by atoms with Crippen molar-refractivity contribution < 1.29 is 9.00 Å². The lowest BCUT2D eigenvalue weighted by molar-refractivity contribution is 0.0785. The Morgan fingerprint density at radius 1 is 1.04 bits per heavy atom. The molecule has 0 spiro atoms. The first kappa shape index (κ1) is 19.6. The van der Waals surface area contributed by atoms with Crippen LogP contribution in [0.1, 0.15) is 40.7 Å². The van der Waals surface area contributed by atoms with Crippen LogP contribution >= 0.6 is 0 Å². The second-order valence-electron chi connectivity index (χ2n) is 7.29. The topological polar surface area (TPSA) is 40.6 Å². The van der Waals surface area contributed by atoms with Gasteiger partial charge in [0.05, 0.1) is 0 Å². The lowest BCUT2D eigenvalue weighted by Crippen LogP contribution is -2.29. The molecule has 1 aliphatic rings. The number of hydrogen-bond donors (Lipinski definition) is 0. The van der Waals surface area contributed by atoms with Gasteiger partial charge in [0.1, 0.15) is 0 Å². The number of amides is 1. The molecule has 144 valence electrons. The van der Waals surface area contributed by atoms with Crippen LogP contribution in [0, 0.1) is 0 Å². The van der Waals surface area contributed by atoms with E-state index in [0.29, 0.717) is 17.9 Å². The number of nitrogens with zero attached hydrogens (tertiary/aromatic N) is 2. The van der Waals surface area contributed by atoms with E-state index in [-0.39, 0.29) is 5.91 Å². The van der Waals surface area contributed by atoms with Crippen LogP contribution in [0.3, 0.4) is 0 Å². The first-order valence-corrected chi connectivity index (χ1v) is 11.2. The maximum atomic E-state index is 12.7. The second-order valence-corrected chi connectivity index (χ2v) is 8.73. The maximum absolute atomic E-state index is 12.7. The Hall–Kier alpha value is -2.14. The molecule has 1 atom stereocenters. The summed E-state index contributed by atoms with van der Waals surface area (Å²) in [6.07, 6.45) is 5.54. The van der Waals surface area contributed by atoms with E-state index in [1.54, 1.807) is 11.2 Å². The highest BCUT2D eigenvalue weighted by Gasteiger charge is 2.14. The van der Waals surface area contributed by atoms with Crippen LogP contribution in [0.15, 0.2) is 48.5 Å². The molecule has 0 aliphatic carbocycles. The molecular formula is C22H28N2O2S. The van der Waals surface area contributed by atoms with Gasteiger partial charge in [-0.05, 0) is 54.7 Å². The van der Waals surface area contributed by atoms with Gasteiger partial charge in [-0.15, -0.1) is 0 Å². The molecule has 1 fully saturated rings. The fraction of sp³-hybridized carbons (Fsp3) is 0.409. The molecular weight excluding hydrogens is 356 g/mol. The number of carbonyl (C=O) groups is 1. The molecule has 0 saturated carbocycles. The van der Waals surface area contributed by atoms with Gasteiger partial charge in [-0.3, -0.25) is 9.00 Å². The summed E-state index contributed by atoms with van der Waals surface area (Å²) < 4.78 is 11.4. The summed E-state index contributed by atoms with van der Waals surface area (Å²) in [5.41, 5.74) is 3.97. The van der Waals surface area contributed by atoms with Gasteiger partial charge in [-0.2, -0.15) is 0 Å². The summed E-state index contributed by atoms with van der Waals surface area (Å²) in [4.78, 5) is 16.9. The molecule has 3 rings (SSSR count). The van der Waals surface area contributed by atoms with Gasteiger partial charge in [-0.25, -0.2) is 0 Å². The molecule has 0 N–H and O–H groups in total. The van der Waals surface area contributed by atoms with Crippen LogP contribution in [0.5, 0.6) is 0 Å². The number of piperidine rings is 1. The minimum absolute atomic E-state index is 0.0150. The van der Waals surface area contributed by atoms with Crippen molar-refractivity contribution in [2.24, 2.45) is 0 Å². The van der Waals surface area contributed by atoms with Crippen LogP contribution in [0.25, 0.3) is 0 Å². The Bertz CT molecular complexity index is 798. The number of anilines is 1. The highest BCUT2D eigenvalue weighted by Crippen LogP contribution is 2.21. The minimum Gasteiger partial charge on any atom is -0.372 e. The van der Waals surface area contributed by atoms with Crippen molar-refractivity contribution in [2.45, 2.75) is 31.6 Å². The molecule has 2 aromatic carbocycles. The molecule has 1 amide bonds. The molecule has 4 nitrogen and oxygen atoms in total. The Labute approximate surface area is 164 Å². The lowest BCUT2D eigenvalue weighted by atomic mass is 10.1. The van der Waals surface area contributed by atoms with Gasteiger partial charge in [0, 0.05) is 60.7 Å². The van der Waals surface area contributed by atoms with Crippen LogP contribution in [0.4, 0.5) is 5.69 Å². The number of hydrogen-bond acceptors (Lipinski definition) is 3. The Morgan fingerprint density at radius 2 is 1.74 bits per heavy atom. The standard InChI is InChI=1S/C22H28N2O2S/c1-23(22(25)20-8-6-7-19(15-20)17-27(2)26)16-18-9-11-21(12-10-18)24-13-4-3-5-14-24/h6-12,15H,3-5,13-14,16-17H2,1-2H3. The van der Waals surface area contributed by atoms with E-state index >= 15 is 0 Å². The fourth-order valence-corrected chi connectivity index (χ4v) is 4.21. The van der Waals surface area contributed by atoms with E-state index in [2.05, 4.69) is 29.2 Å². The highest BCUT2D eigenvalue weighted by molar-refractivity contribution is 7.83. The zero-order chi connectivity index (χ0) is 19.2. The Balaban J connectivity index is 1.63. The van der Waals surface area contributed by atoms with Gasteiger partial charge >= 0.3 is 0 Å². The number of carbonyl (C=O) groups excluding carboxylic acids is 1. The van der Waals surface area contributed by atoms with E-state index < -0.39 is 10.8 Å². The monoisotopic (exact) mass is 384 g/mol. The normalized spacial score (nSPS) is 15.4. The Kier molecular flexibility index (Phi) is 6.67. The number of benzene rings is 2. The molecule has 0 bridgehead atoms. The zero-order valence-electron chi connectivity index (χ0n) is 16.2. The van der Waals surface area contributed by atoms with E-state index in [1.165, 1.54) is 24.9 Å². The van der Waals surface area contributed by atoms with Crippen molar-refractivity contribution in [1.29, 1.82) is 0 Å². The second kappa shape index (κ2) is 9.18. The molecule has 1 aliphatic heterocycles. The molecule has 27 heavy (non-hydrogen) atoms. The number of rotatable bonds is 6. The summed E-state index contributed by atoms with van der Waals surface area (Å²) in [6.45, 7) is 2.84. The van der Waals surface area contributed by atoms with Crippen molar-refractivity contribution in [1.82, 2.24) is 4.90 Å². The molecule has 2 aromatic rings. The third-order valence-corrected chi connectivity index (χ3v) is 5.71. The quantitative estimate of drug-likeness (QED) is 0.760. The highest BCUT2D eigenvalue weighted by atomic mass is 32.2. The third-order valence-electron chi connectivity index (χ3n) is 4.97. The predicted octanol–water partition coefficient (Wildman–Crippen LogP) is 3.83. The molecule has 0 radical (unpaired) electrons. The largest absolute Gasteiger partial charge is 0.372 e. The smallest absolute Gasteiger partial charge is 0.253 e. The van der Waals surface area contributed by atoms with Crippen LogP contribution in [-0.2, 0) is 23.1 Å². The Morgan fingerprint density at radius 3 is 2.41 bits per heavy atom. The summed E-state index contributed by atoms with van der Waals surface area (Å²) in [5, 5.41) is 0. The summed E-state index contributed by atoms with van der Waals surface area (Å²) >= 11 is 0. The van der Waals surface area contributed by atoms with E-state index in [1.807, 2.05) is 31.3 Å². The van der Waals surface area contributed by atoms with Gasteiger partial charge < -0.3 is 9.80 Å². The van der Waals surface area contributed by atoms with Gasteiger partial charge in [0.15, 0.2) is 0 Å². The van der Waals surface area contributed by atoms with E-state index in [0.717, 1.165) is 24.2 Å². The average molecular weight is 385 g/mol. The van der Waals surface area contributed by atoms with Crippen molar-refractivity contribution in [3.8, 4) is 0 Å². The minimum atomic E-state index is -0.914. The molecule has 1 saturated heterocycles. The molecule has 5 heteroatoms. The van der Waals surface area contributed by atoms with Crippen molar-refractivity contribution in [2.75, 3.05) is 31.3 Å². The van der Waals surface area contributed by atoms with Gasteiger partial charge in [0.25, 0.3) is 5.91 Å². The SMILES string of the molecule is CN(Cc1ccc(N2CCCCC2)cc1)C(=O)c1cccc(CS(C)=O)c1. The fourth-order valence-electron chi connectivity index (χ4n) is 3.56. The predicted molar refractivity (Wildman–Crippen MR) is 113 cm³/mol. The summed E-state index contributed by atoms with van der Waals surface area (Å²) in [5.74, 6) is 0.460.